The van der Waals surface area contributed by atoms with Crippen molar-refractivity contribution in [3.05, 3.63) is 33.3 Å². The molecule has 9 heteroatoms. The molecule has 0 saturated heterocycles. The summed E-state index contributed by atoms with van der Waals surface area (Å²) in [6.07, 6.45) is -0.333. The zero-order valence-electron chi connectivity index (χ0n) is 10.2. The number of hydrogen-bond donors (Lipinski definition) is 3. The second kappa shape index (κ2) is 6.83. The van der Waals surface area contributed by atoms with Gasteiger partial charge in [0.15, 0.2) is 0 Å². The fraction of sp³-hybridized carbons (Fsp3) is 0.273. The van der Waals surface area contributed by atoms with Gasteiger partial charge in [0.1, 0.15) is 5.69 Å². The number of nitrogens with two attached hydrogens (primary N) is 1. The standard InChI is InChI=1S/C11H12ClN3O5/c12-6-1-3-8(9(5-6)15(19)20)14-11(18)7(13)2-4-10(16)17/h1,3,5,7H,2,4,13H2,(H,14,18)(H,16,17). The van der Waals surface area contributed by atoms with E-state index in [1.165, 1.54) is 12.1 Å². The number of carboxylic acid groups (broad SMARTS) is 1. The van der Waals surface area contributed by atoms with Gasteiger partial charge in [0, 0.05) is 17.5 Å². The normalized spacial score (nSPS) is 11.7. The van der Waals surface area contributed by atoms with Crippen LogP contribution in [0.2, 0.25) is 5.02 Å². The third kappa shape index (κ3) is 4.48. The van der Waals surface area contributed by atoms with E-state index in [9.17, 15) is 19.7 Å². The topological polar surface area (TPSA) is 136 Å². The molecule has 0 aliphatic rings. The fourth-order valence-corrected chi connectivity index (χ4v) is 1.56. The van der Waals surface area contributed by atoms with Crippen molar-refractivity contribution in [2.24, 2.45) is 5.73 Å². The van der Waals surface area contributed by atoms with Gasteiger partial charge < -0.3 is 16.2 Å². The summed E-state index contributed by atoms with van der Waals surface area (Å²) in [5, 5.41) is 21.8. The maximum atomic E-state index is 11.7. The number of anilines is 1. The lowest BCUT2D eigenvalue weighted by molar-refractivity contribution is -0.383. The van der Waals surface area contributed by atoms with Crippen LogP contribution >= 0.6 is 11.6 Å². The number of nitrogens with zero attached hydrogens (tertiary/aromatic N) is 1. The Bertz CT molecular complexity index is 549. The predicted molar refractivity (Wildman–Crippen MR) is 71.6 cm³/mol. The molecule has 0 saturated carbocycles. The van der Waals surface area contributed by atoms with Crippen LogP contribution in [-0.2, 0) is 9.59 Å². The third-order valence-corrected chi connectivity index (χ3v) is 2.66. The van der Waals surface area contributed by atoms with Gasteiger partial charge in [-0.15, -0.1) is 0 Å². The van der Waals surface area contributed by atoms with E-state index in [1.807, 2.05) is 0 Å². The SMILES string of the molecule is NC(CCC(=O)O)C(=O)Nc1ccc(Cl)cc1[N+](=O)[O-]. The van der Waals surface area contributed by atoms with E-state index in [0.717, 1.165) is 6.07 Å². The summed E-state index contributed by atoms with van der Waals surface area (Å²) in [5.41, 5.74) is 5.09. The minimum atomic E-state index is -1.08. The Kier molecular flexibility index (Phi) is 5.42. The monoisotopic (exact) mass is 301 g/mol. The Morgan fingerprint density at radius 3 is 2.70 bits per heavy atom. The number of carboxylic acids is 1. The lowest BCUT2D eigenvalue weighted by atomic mass is 10.1. The first-order chi connectivity index (χ1) is 9.31. The van der Waals surface area contributed by atoms with Crippen LogP contribution in [0, 0.1) is 10.1 Å². The van der Waals surface area contributed by atoms with Crippen molar-refractivity contribution in [1.82, 2.24) is 0 Å². The first kappa shape index (κ1) is 15.9. The quantitative estimate of drug-likeness (QED) is 0.536. The van der Waals surface area contributed by atoms with E-state index in [-0.39, 0.29) is 29.2 Å². The Morgan fingerprint density at radius 1 is 1.50 bits per heavy atom. The maximum Gasteiger partial charge on any atom is 0.303 e. The van der Waals surface area contributed by atoms with Crippen LogP contribution in [0.15, 0.2) is 18.2 Å². The van der Waals surface area contributed by atoms with Crippen molar-refractivity contribution < 1.29 is 19.6 Å². The number of rotatable bonds is 6. The summed E-state index contributed by atoms with van der Waals surface area (Å²) in [6, 6.07) is 2.69. The van der Waals surface area contributed by atoms with Crippen molar-refractivity contribution in [1.29, 1.82) is 0 Å². The first-order valence-corrected chi connectivity index (χ1v) is 5.91. The van der Waals surface area contributed by atoms with E-state index >= 15 is 0 Å². The van der Waals surface area contributed by atoms with E-state index in [1.54, 1.807) is 0 Å². The summed E-state index contributed by atoms with van der Waals surface area (Å²) >= 11 is 5.64. The van der Waals surface area contributed by atoms with Crippen LogP contribution in [0.4, 0.5) is 11.4 Å². The molecule has 0 heterocycles. The smallest absolute Gasteiger partial charge is 0.303 e. The van der Waals surface area contributed by atoms with Crippen LogP contribution in [0.1, 0.15) is 12.8 Å². The van der Waals surface area contributed by atoms with Crippen LogP contribution in [0.3, 0.4) is 0 Å². The lowest BCUT2D eigenvalue weighted by Gasteiger charge is -2.11. The summed E-state index contributed by atoms with van der Waals surface area (Å²) in [6.45, 7) is 0. The minimum absolute atomic E-state index is 0.0461. The molecule has 108 valence electrons. The minimum Gasteiger partial charge on any atom is -0.481 e. The van der Waals surface area contributed by atoms with Gasteiger partial charge >= 0.3 is 5.97 Å². The number of nitrogens with one attached hydrogen (secondary N) is 1. The average molecular weight is 302 g/mol. The third-order valence-electron chi connectivity index (χ3n) is 2.42. The number of carbonyl (C=O) groups is 2. The number of halogens is 1. The molecule has 1 atom stereocenters. The van der Waals surface area contributed by atoms with E-state index < -0.39 is 22.8 Å². The number of nitro groups is 1. The highest BCUT2D eigenvalue weighted by molar-refractivity contribution is 6.31. The molecule has 8 nitrogen and oxygen atoms in total. The van der Waals surface area contributed by atoms with Crippen molar-refractivity contribution in [3.63, 3.8) is 0 Å². The molecule has 0 radical (unpaired) electrons. The summed E-state index contributed by atoms with van der Waals surface area (Å²) in [5.74, 6) is -1.78. The molecule has 0 aliphatic carbocycles. The van der Waals surface area contributed by atoms with E-state index in [0.29, 0.717) is 0 Å². The summed E-state index contributed by atoms with van der Waals surface area (Å²) in [7, 11) is 0. The molecule has 1 amide bonds. The Labute approximate surface area is 118 Å². The fourth-order valence-electron chi connectivity index (χ4n) is 1.40. The number of benzene rings is 1. The number of nitro benzene ring substituents is 1. The number of carbonyl (C=O) groups excluding carboxylic acids is 1. The maximum absolute atomic E-state index is 11.7. The van der Waals surface area contributed by atoms with Crippen molar-refractivity contribution in [2.75, 3.05) is 5.32 Å². The molecule has 20 heavy (non-hydrogen) atoms. The predicted octanol–water partition coefficient (Wildman–Crippen LogP) is 1.38. The Morgan fingerprint density at radius 2 is 2.15 bits per heavy atom. The molecule has 1 rings (SSSR count). The van der Waals surface area contributed by atoms with Crippen LogP contribution in [0.5, 0.6) is 0 Å². The van der Waals surface area contributed by atoms with Gasteiger partial charge in [-0.2, -0.15) is 0 Å². The molecule has 1 aromatic carbocycles. The van der Waals surface area contributed by atoms with Crippen molar-refractivity contribution in [3.8, 4) is 0 Å². The van der Waals surface area contributed by atoms with Crippen LogP contribution in [0.25, 0.3) is 0 Å². The zero-order chi connectivity index (χ0) is 15.3. The highest BCUT2D eigenvalue weighted by Gasteiger charge is 2.20. The summed E-state index contributed by atoms with van der Waals surface area (Å²) < 4.78 is 0. The molecule has 0 bridgehead atoms. The van der Waals surface area contributed by atoms with Crippen LogP contribution < -0.4 is 11.1 Å². The average Bonchev–Trinajstić information content (AvgIpc) is 2.37. The largest absolute Gasteiger partial charge is 0.481 e. The molecule has 1 unspecified atom stereocenters. The van der Waals surface area contributed by atoms with Gasteiger partial charge in [0.2, 0.25) is 5.91 Å². The van der Waals surface area contributed by atoms with Crippen molar-refractivity contribution >= 4 is 34.9 Å². The second-order valence-corrected chi connectivity index (χ2v) is 4.38. The highest BCUT2D eigenvalue weighted by Crippen LogP contribution is 2.27. The number of aliphatic carboxylic acids is 1. The summed E-state index contributed by atoms with van der Waals surface area (Å²) in [4.78, 5) is 32.2. The Hall–Kier alpha value is -2.19. The van der Waals surface area contributed by atoms with Gasteiger partial charge in [-0.05, 0) is 18.6 Å². The van der Waals surface area contributed by atoms with Gasteiger partial charge in [0.05, 0.1) is 11.0 Å². The molecule has 0 aliphatic heterocycles. The molecular formula is C11H12ClN3O5. The van der Waals surface area contributed by atoms with Gasteiger partial charge in [-0.1, -0.05) is 11.6 Å². The molecule has 1 aromatic rings. The molecular weight excluding hydrogens is 290 g/mol. The molecule has 0 fully saturated rings. The van der Waals surface area contributed by atoms with E-state index in [2.05, 4.69) is 5.32 Å². The number of amides is 1. The number of hydrogen-bond acceptors (Lipinski definition) is 5. The second-order valence-electron chi connectivity index (χ2n) is 3.95. The lowest BCUT2D eigenvalue weighted by Crippen LogP contribution is -2.36. The van der Waals surface area contributed by atoms with Gasteiger partial charge in [0.25, 0.3) is 5.69 Å². The molecule has 0 spiro atoms. The van der Waals surface area contributed by atoms with Crippen molar-refractivity contribution in [2.45, 2.75) is 18.9 Å². The molecule has 0 aromatic heterocycles. The van der Waals surface area contributed by atoms with Gasteiger partial charge in [-0.25, -0.2) is 0 Å². The molecule has 4 N–H and O–H groups in total. The van der Waals surface area contributed by atoms with Gasteiger partial charge in [-0.3, -0.25) is 19.7 Å². The zero-order valence-corrected chi connectivity index (χ0v) is 11.0. The van der Waals surface area contributed by atoms with Crippen LogP contribution in [-0.4, -0.2) is 27.9 Å². The highest BCUT2D eigenvalue weighted by atomic mass is 35.5. The first-order valence-electron chi connectivity index (χ1n) is 5.53. The Balaban J connectivity index is 2.80. The van der Waals surface area contributed by atoms with E-state index in [4.69, 9.17) is 22.4 Å².